The molecule has 0 fully saturated rings. The maximum Gasteiger partial charge on any atom is 0.262 e. The topological polar surface area (TPSA) is 47.6 Å². The molecule has 0 heterocycles. The summed E-state index contributed by atoms with van der Waals surface area (Å²) in [6.07, 6.45) is 3.37. The molecule has 4 heteroatoms. The number of para-hydroxylation sites is 1. The molecule has 0 atom stereocenters. The summed E-state index contributed by atoms with van der Waals surface area (Å²) in [6.45, 7) is 4.78. The summed E-state index contributed by atoms with van der Waals surface area (Å²) in [4.78, 5) is 12.0. The highest BCUT2D eigenvalue weighted by Crippen LogP contribution is 2.20. The molecule has 24 heavy (non-hydrogen) atoms. The predicted molar refractivity (Wildman–Crippen MR) is 96.8 cm³/mol. The molecule has 0 aromatic heterocycles. The number of benzene rings is 2. The molecular formula is C20H25NO3. The first-order valence-corrected chi connectivity index (χ1v) is 8.40. The van der Waals surface area contributed by atoms with Crippen LogP contribution in [-0.4, -0.2) is 19.1 Å². The molecule has 128 valence electrons. The molecule has 4 nitrogen and oxygen atoms in total. The minimum Gasteiger partial charge on any atom is -0.493 e. The minimum atomic E-state index is -0.182. The predicted octanol–water partition coefficient (Wildman–Crippen LogP) is 4.58. The first kappa shape index (κ1) is 17.9. The highest BCUT2D eigenvalue weighted by Gasteiger charge is 2.06. The fraction of sp³-hybridized carbons (Fsp3) is 0.350. The molecule has 0 radical (unpaired) electrons. The van der Waals surface area contributed by atoms with E-state index in [1.54, 1.807) is 0 Å². The van der Waals surface area contributed by atoms with Crippen molar-refractivity contribution in [3.05, 3.63) is 54.1 Å². The Kier molecular flexibility index (Phi) is 7.15. The van der Waals surface area contributed by atoms with Gasteiger partial charge in [-0.1, -0.05) is 44.0 Å². The van der Waals surface area contributed by atoms with Crippen LogP contribution in [0.4, 0.5) is 5.69 Å². The second-order valence-corrected chi connectivity index (χ2v) is 5.68. The van der Waals surface area contributed by atoms with Gasteiger partial charge < -0.3 is 14.8 Å². The molecule has 0 unspecified atom stereocenters. The van der Waals surface area contributed by atoms with Crippen molar-refractivity contribution in [1.82, 2.24) is 0 Å². The van der Waals surface area contributed by atoms with Crippen molar-refractivity contribution in [2.45, 2.75) is 33.1 Å². The second-order valence-electron chi connectivity index (χ2n) is 5.68. The van der Waals surface area contributed by atoms with E-state index in [-0.39, 0.29) is 12.5 Å². The lowest BCUT2D eigenvalue weighted by Crippen LogP contribution is -2.20. The molecule has 2 aromatic rings. The standard InChI is InChI=1S/C20H25NO3/c1-3-4-7-13-23-17-10-8-11-18(14-17)24-15-20(22)21-19-12-6-5-9-16(19)2/h5-6,8-12,14H,3-4,7,13,15H2,1-2H3,(H,21,22). The van der Waals surface area contributed by atoms with E-state index in [0.717, 1.165) is 29.8 Å². The van der Waals surface area contributed by atoms with Crippen molar-refractivity contribution in [1.29, 1.82) is 0 Å². The number of anilines is 1. The lowest BCUT2D eigenvalue weighted by molar-refractivity contribution is -0.118. The molecular weight excluding hydrogens is 302 g/mol. The Balaban J connectivity index is 1.81. The van der Waals surface area contributed by atoms with Crippen molar-refractivity contribution < 1.29 is 14.3 Å². The quantitative estimate of drug-likeness (QED) is 0.686. The van der Waals surface area contributed by atoms with Gasteiger partial charge in [0.2, 0.25) is 0 Å². The molecule has 0 saturated carbocycles. The van der Waals surface area contributed by atoms with Gasteiger partial charge >= 0.3 is 0 Å². The van der Waals surface area contributed by atoms with Crippen LogP contribution in [0.2, 0.25) is 0 Å². The van der Waals surface area contributed by atoms with E-state index in [0.29, 0.717) is 12.4 Å². The highest BCUT2D eigenvalue weighted by atomic mass is 16.5. The molecule has 0 bridgehead atoms. The molecule has 1 amide bonds. The Morgan fingerprint density at radius 2 is 1.75 bits per heavy atom. The highest BCUT2D eigenvalue weighted by molar-refractivity contribution is 5.92. The molecule has 0 spiro atoms. The van der Waals surface area contributed by atoms with E-state index in [1.807, 2.05) is 55.5 Å². The smallest absolute Gasteiger partial charge is 0.262 e. The van der Waals surface area contributed by atoms with Gasteiger partial charge in [-0.25, -0.2) is 0 Å². The lowest BCUT2D eigenvalue weighted by atomic mass is 10.2. The first-order chi connectivity index (χ1) is 11.7. The van der Waals surface area contributed by atoms with Gasteiger partial charge in [-0.3, -0.25) is 4.79 Å². The number of nitrogens with one attached hydrogen (secondary N) is 1. The third-order valence-corrected chi connectivity index (χ3v) is 3.61. The monoisotopic (exact) mass is 327 g/mol. The summed E-state index contributed by atoms with van der Waals surface area (Å²) in [7, 11) is 0. The molecule has 0 aliphatic heterocycles. The molecule has 0 aliphatic carbocycles. The number of aryl methyl sites for hydroxylation is 1. The zero-order chi connectivity index (χ0) is 17.2. The number of hydrogen-bond acceptors (Lipinski definition) is 3. The van der Waals surface area contributed by atoms with Crippen LogP contribution in [0.3, 0.4) is 0 Å². The Labute approximate surface area is 143 Å². The zero-order valence-electron chi connectivity index (χ0n) is 14.4. The average molecular weight is 327 g/mol. The van der Waals surface area contributed by atoms with Gasteiger partial charge in [0.15, 0.2) is 6.61 Å². The molecule has 1 N–H and O–H groups in total. The Hall–Kier alpha value is -2.49. The van der Waals surface area contributed by atoms with Crippen molar-refractivity contribution >= 4 is 11.6 Å². The van der Waals surface area contributed by atoms with Gasteiger partial charge in [-0.05, 0) is 37.1 Å². The SMILES string of the molecule is CCCCCOc1cccc(OCC(=O)Nc2ccccc2C)c1. The summed E-state index contributed by atoms with van der Waals surface area (Å²) in [5, 5.41) is 2.85. The average Bonchev–Trinajstić information content (AvgIpc) is 2.59. The zero-order valence-corrected chi connectivity index (χ0v) is 14.4. The minimum absolute atomic E-state index is 0.0341. The van der Waals surface area contributed by atoms with Crippen LogP contribution in [0.5, 0.6) is 11.5 Å². The maximum absolute atomic E-state index is 12.0. The Morgan fingerprint density at radius 1 is 1.00 bits per heavy atom. The second kappa shape index (κ2) is 9.60. The molecule has 0 aliphatic rings. The van der Waals surface area contributed by atoms with Gasteiger partial charge in [0, 0.05) is 11.8 Å². The largest absolute Gasteiger partial charge is 0.493 e. The van der Waals surface area contributed by atoms with E-state index in [1.165, 1.54) is 6.42 Å². The Morgan fingerprint density at radius 3 is 2.50 bits per heavy atom. The first-order valence-electron chi connectivity index (χ1n) is 8.40. The van der Waals surface area contributed by atoms with E-state index < -0.39 is 0 Å². The van der Waals surface area contributed by atoms with Gasteiger partial charge in [0.1, 0.15) is 11.5 Å². The van der Waals surface area contributed by atoms with Crippen LogP contribution in [0.1, 0.15) is 31.7 Å². The summed E-state index contributed by atoms with van der Waals surface area (Å²) in [5.41, 5.74) is 1.83. The third-order valence-electron chi connectivity index (χ3n) is 3.61. The van der Waals surface area contributed by atoms with E-state index in [4.69, 9.17) is 9.47 Å². The van der Waals surface area contributed by atoms with Crippen molar-refractivity contribution in [2.75, 3.05) is 18.5 Å². The van der Waals surface area contributed by atoms with Gasteiger partial charge in [-0.15, -0.1) is 0 Å². The van der Waals surface area contributed by atoms with Crippen molar-refractivity contribution in [3.8, 4) is 11.5 Å². The molecule has 0 saturated heterocycles. The van der Waals surface area contributed by atoms with Gasteiger partial charge in [0.05, 0.1) is 6.61 Å². The number of carbonyl (C=O) groups excluding carboxylic acids is 1. The van der Waals surface area contributed by atoms with Gasteiger partial charge in [-0.2, -0.15) is 0 Å². The van der Waals surface area contributed by atoms with Crippen LogP contribution in [0, 0.1) is 6.92 Å². The number of carbonyl (C=O) groups is 1. The fourth-order valence-electron chi connectivity index (χ4n) is 2.24. The van der Waals surface area contributed by atoms with Crippen molar-refractivity contribution in [2.24, 2.45) is 0 Å². The summed E-state index contributed by atoms with van der Waals surface area (Å²) in [5.74, 6) is 1.21. The number of hydrogen-bond donors (Lipinski definition) is 1. The van der Waals surface area contributed by atoms with Crippen molar-refractivity contribution in [3.63, 3.8) is 0 Å². The molecule has 2 aromatic carbocycles. The number of unbranched alkanes of at least 4 members (excludes halogenated alkanes) is 2. The van der Waals surface area contributed by atoms with Crippen LogP contribution in [-0.2, 0) is 4.79 Å². The van der Waals surface area contributed by atoms with Crippen LogP contribution >= 0.6 is 0 Å². The number of amides is 1. The van der Waals surface area contributed by atoms with Crippen LogP contribution in [0.25, 0.3) is 0 Å². The van der Waals surface area contributed by atoms with E-state index in [9.17, 15) is 4.79 Å². The maximum atomic E-state index is 12.0. The summed E-state index contributed by atoms with van der Waals surface area (Å²) >= 11 is 0. The van der Waals surface area contributed by atoms with Crippen LogP contribution in [0.15, 0.2) is 48.5 Å². The number of rotatable bonds is 9. The Bertz CT molecular complexity index is 655. The fourth-order valence-corrected chi connectivity index (χ4v) is 2.24. The van der Waals surface area contributed by atoms with Crippen LogP contribution < -0.4 is 14.8 Å². The summed E-state index contributed by atoms with van der Waals surface area (Å²) in [6, 6.07) is 15.0. The van der Waals surface area contributed by atoms with Gasteiger partial charge in [0.25, 0.3) is 5.91 Å². The van der Waals surface area contributed by atoms with E-state index in [2.05, 4.69) is 12.2 Å². The van der Waals surface area contributed by atoms with E-state index >= 15 is 0 Å². The molecule has 2 rings (SSSR count). The third kappa shape index (κ3) is 5.95. The summed E-state index contributed by atoms with van der Waals surface area (Å²) < 4.78 is 11.2. The number of ether oxygens (including phenoxy) is 2. The lowest BCUT2D eigenvalue weighted by Gasteiger charge is -2.11. The normalized spacial score (nSPS) is 10.2.